The Morgan fingerprint density at radius 1 is 0.781 bits per heavy atom. The molecule has 0 bridgehead atoms. The van der Waals surface area contributed by atoms with Gasteiger partial charge in [0.25, 0.3) is 0 Å². The number of sulfone groups is 1. The van der Waals surface area contributed by atoms with Crippen LogP contribution in [0.3, 0.4) is 0 Å². The van der Waals surface area contributed by atoms with Gasteiger partial charge in [0, 0.05) is 29.7 Å². The Labute approximate surface area is 186 Å². The summed E-state index contributed by atoms with van der Waals surface area (Å²) in [5.41, 5.74) is 0.658. The van der Waals surface area contributed by atoms with Crippen LogP contribution in [0.4, 0.5) is 0 Å². The molecule has 0 heterocycles. The second-order valence-electron chi connectivity index (χ2n) is 6.44. The van der Waals surface area contributed by atoms with Crippen molar-refractivity contribution in [2.75, 3.05) is 34.2 Å². The lowest BCUT2D eigenvalue weighted by molar-refractivity contribution is -0.112. The first kappa shape index (κ1) is 24.6. The third-order valence-corrected chi connectivity index (χ3v) is 5.52. The van der Waals surface area contributed by atoms with E-state index in [9.17, 15) is 23.4 Å². The Balaban J connectivity index is 2.25. The molecule has 0 aliphatic heterocycles. The van der Waals surface area contributed by atoms with Crippen molar-refractivity contribution in [2.24, 2.45) is 0 Å². The van der Waals surface area contributed by atoms with Crippen LogP contribution in [0.15, 0.2) is 35.7 Å². The summed E-state index contributed by atoms with van der Waals surface area (Å²) >= 11 is 0. The average molecular weight is 464 g/mol. The number of phenolic OH excluding ortho intramolecular Hbond substituents is 2. The second kappa shape index (κ2) is 10.6. The van der Waals surface area contributed by atoms with E-state index in [1.807, 2.05) is 0 Å². The van der Waals surface area contributed by atoms with Gasteiger partial charge in [-0.2, -0.15) is 0 Å². The van der Waals surface area contributed by atoms with E-state index in [2.05, 4.69) is 0 Å². The van der Waals surface area contributed by atoms with E-state index >= 15 is 0 Å². The monoisotopic (exact) mass is 464 g/mol. The molecular weight excluding hydrogens is 440 g/mol. The zero-order chi connectivity index (χ0) is 23.9. The predicted molar refractivity (Wildman–Crippen MR) is 119 cm³/mol. The molecule has 0 atom stereocenters. The Hall–Kier alpha value is -3.66. The van der Waals surface area contributed by atoms with Gasteiger partial charge in [-0.1, -0.05) is 0 Å². The number of phenols is 2. The lowest BCUT2D eigenvalue weighted by Crippen LogP contribution is -2.11. The highest BCUT2D eigenvalue weighted by Crippen LogP contribution is 2.35. The molecule has 0 unspecified atom stereocenters. The molecule has 0 aliphatic carbocycles. The van der Waals surface area contributed by atoms with Crippen LogP contribution in [0.25, 0.3) is 12.2 Å². The molecule has 10 heteroatoms. The minimum absolute atomic E-state index is 0.0880. The molecule has 0 saturated heterocycles. The van der Waals surface area contributed by atoms with E-state index in [4.69, 9.17) is 18.9 Å². The zero-order valence-electron chi connectivity index (χ0n) is 18.0. The SMILES string of the molecule is COc1cc(O)cc(OC)c1/C=C\C(=O)CS(=O)(=O)/C=C\c1c(OC)cc(O)cc1OC. The highest BCUT2D eigenvalue weighted by atomic mass is 32.2. The van der Waals surface area contributed by atoms with Gasteiger partial charge in [0.15, 0.2) is 15.6 Å². The quantitative estimate of drug-likeness (QED) is 0.510. The number of hydrogen-bond acceptors (Lipinski definition) is 9. The largest absolute Gasteiger partial charge is 0.508 e. The normalized spacial score (nSPS) is 11.6. The molecule has 32 heavy (non-hydrogen) atoms. The van der Waals surface area contributed by atoms with Gasteiger partial charge >= 0.3 is 0 Å². The number of hydrogen-bond donors (Lipinski definition) is 2. The van der Waals surface area contributed by atoms with E-state index in [0.29, 0.717) is 5.56 Å². The highest BCUT2D eigenvalue weighted by Gasteiger charge is 2.16. The number of ketones is 1. The molecule has 172 valence electrons. The fraction of sp³-hybridized carbons (Fsp3) is 0.227. The number of allylic oxidation sites excluding steroid dienone is 1. The topological polar surface area (TPSA) is 129 Å². The van der Waals surface area contributed by atoms with Crippen LogP contribution in [0.2, 0.25) is 0 Å². The first-order chi connectivity index (χ1) is 15.1. The van der Waals surface area contributed by atoms with Gasteiger partial charge in [-0.3, -0.25) is 4.79 Å². The summed E-state index contributed by atoms with van der Waals surface area (Å²) in [5, 5.41) is 20.2. The molecule has 0 radical (unpaired) electrons. The Morgan fingerprint density at radius 2 is 1.16 bits per heavy atom. The standard InChI is InChI=1S/C22H24O9S/c1-28-19-9-15(24)10-20(29-2)17(19)6-5-14(23)13-32(26,27)8-7-18-21(30-3)11-16(25)12-22(18)31-4/h5-12,24-25H,13H2,1-4H3/b6-5-,8-7-. The lowest BCUT2D eigenvalue weighted by atomic mass is 10.1. The first-order valence-corrected chi connectivity index (χ1v) is 10.9. The Bertz CT molecular complexity index is 1100. The Kier molecular flexibility index (Phi) is 8.14. The van der Waals surface area contributed by atoms with Crippen LogP contribution in [0.1, 0.15) is 11.1 Å². The molecule has 0 amide bonds. The smallest absolute Gasteiger partial charge is 0.179 e. The highest BCUT2D eigenvalue weighted by molar-refractivity contribution is 7.95. The minimum Gasteiger partial charge on any atom is -0.508 e. The molecule has 0 aromatic heterocycles. The third-order valence-electron chi connectivity index (χ3n) is 4.28. The van der Waals surface area contributed by atoms with Gasteiger partial charge in [0.1, 0.15) is 40.2 Å². The number of rotatable bonds is 10. The molecule has 2 aromatic carbocycles. The molecule has 9 nitrogen and oxygen atoms in total. The molecule has 0 fully saturated rings. The molecule has 0 aliphatic rings. The zero-order valence-corrected chi connectivity index (χ0v) is 18.8. The van der Waals surface area contributed by atoms with Crippen molar-refractivity contribution in [3.05, 3.63) is 46.9 Å². The maximum Gasteiger partial charge on any atom is 0.179 e. The van der Waals surface area contributed by atoms with Gasteiger partial charge < -0.3 is 29.2 Å². The lowest BCUT2D eigenvalue weighted by Gasteiger charge is -2.11. The van der Waals surface area contributed by atoms with Gasteiger partial charge in [-0.15, -0.1) is 0 Å². The van der Waals surface area contributed by atoms with Crippen LogP contribution in [0, 0.1) is 0 Å². The summed E-state index contributed by atoms with van der Waals surface area (Å²) in [6.07, 6.45) is 3.67. The first-order valence-electron chi connectivity index (χ1n) is 9.15. The molecule has 0 saturated carbocycles. The maximum absolute atomic E-state index is 12.4. The van der Waals surface area contributed by atoms with Gasteiger partial charge in [-0.25, -0.2) is 8.42 Å². The summed E-state index contributed by atoms with van der Waals surface area (Å²) < 4.78 is 45.5. The van der Waals surface area contributed by atoms with Gasteiger partial charge in [-0.05, 0) is 18.2 Å². The van der Waals surface area contributed by atoms with Crippen molar-refractivity contribution >= 4 is 27.8 Å². The van der Waals surface area contributed by atoms with Gasteiger partial charge in [0.05, 0.1) is 39.6 Å². The van der Waals surface area contributed by atoms with Crippen LogP contribution >= 0.6 is 0 Å². The molecule has 2 N–H and O–H groups in total. The van der Waals surface area contributed by atoms with Crippen LogP contribution in [-0.4, -0.2) is 58.6 Å². The number of methoxy groups -OCH3 is 4. The van der Waals surface area contributed by atoms with E-state index in [-0.39, 0.29) is 40.1 Å². The molecule has 2 rings (SSSR count). The summed E-state index contributed by atoms with van der Waals surface area (Å²) in [5.74, 6) is -0.770. The van der Waals surface area contributed by atoms with Crippen LogP contribution in [-0.2, 0) is 14.6 Å². The summed E-state index contributed by atoms with van der Waals surface area (Å²) in [6, 6.07) is 5.29. The fourth-order valence-electron chi connectivity index (χ4n) is 2.82. The van der Waals surface area contributed by atoms with E-state index in [1.54, 1.807) is 0 Å². The van der Waals surface area contributed by atoms with E-state index in [1.165, 1.54) is 64.9 Å². The average Bonchev–Trinajstić information content (AvgIpc) is 2.75. The van der Waals surface area contributed by atoms with Crippen molar-refractivity contribution in [3.63, 3.8) is 0 Å². The van der Waals surface area contributed by atoms with Crippen molar-refractivity contribution in [3.8, 4) is 34.5 Å². The summed E-state index contributed by atoms with van der Waals surface area (Å²) in [7, 11) is 1.55. The molecule has 0 spiro atoms. The number of carbonyl (C=O) groups excluding carboxylic acids is 1. The van der Waals surface area contributed by atoms with Crippen molar-refractivity contribution < 1.29 is 42.4 Å². The van der Waals surface area contributed by atoms with Gasteiger partial charge in [0.2, 0.25) is 0 Å². The fourth-order valence-corrected chi connectivity index (χ4v) is 3.75. The third kappa shape index (κ3) is 6.17. The van der Waals surface area contributed by atoms with Crippen LogP contribution in [0.5, 0.6) is 34.5 Å². The van der Waals surface area contributed by atoms with Crippen molar-refractivity contribution in [1.82, 2.24) is 0 Å². The molecule has 2 aromatic rings. The summed E-state index contributed by atoms with van der Waals surface area (Å²) in [6.45, 7) is 0. The second-order valence-corrected chi connectivity index (χ2v) is 8.32. The number of benzene rings is 2. The number of carbonyl (C=O) groups is 1. The Morgan fingerprint density at radius 3 is 1.53 bits per heavy atom. The molecular formula is C22H24O9S. The minimum atomic E-state index is -3.94. The van der Waals surface area contributed by atoms with E-state index < -0.39 is 21.4 Å². The van der Waals surface area contributed by atoms with E-state index in [0.717, 1.165) is 11.5 Å². The van der Waals surface area contributed by atoms with Crippen LogP contribution < -0.4 is 18.9 Å². The number of ether oxygens (including phenoxy) is 4. The van der Waals surface area contributed by atoms with Crippen molar-refractivity contribution in [2.45, 2.75) is 0 Å². The van der Waals surface area contributed by atoms with Crippen molar-refractivity contribution in [1.29, 1.82) is 0 Å². The predicted octanol–water partition coefficient (Wildman–Crippen LogP) is 2.80. The maximum atomic E-state index is 12.4. The summed E-state index contributed by atoms with van der Waals surface area (Å²) in [4.78, 5) is 12.3. The number of aromatic hydroxyl groups is 2.